The van der Waals surface area contributed by atoms with Crippen molar-refractivity contribution in [2.75, 3.05) is 0 Å². The maximum absolute atomic E-state index is 12.2. The van der Waals surface area contributed by atoms with Gasteiger partial charge in [-0.25, -0.2) is 13.1 Å². The number of aryl methyl sites for hydroxylation is 1. The summed E-state index contributed by atoms with van der Waals surface area (Å²) in [6.45, 7) is 3.83. The van der Waals surface area contributed by atoms with Crippen LogP contribution in [0.4, 0.5) is 0 Å². The van der Waals surface area contributed by atoms with E-state index in [9.17, 15) is 8.42 Å². The van der Waals surface area contributed by atoms with Gasteiger partial charge in [0.2, 0.25) is 10.0 Å². The van der Waals surface area contributed by atoms with E-state index in [-0.39, 0.29) is 11.8 Å². The number of hydrogen-bond acceptors (Lipinski definition) is 2. The van der Waals surface area contributed by atoms with E-state index >= 15 is 0 Å². The van der Waals surface area contributed by atoms with Crippen LogP contribution < -0.4 is 4.72 Å². The first-order valence-electron chi connectivity index (χ1n) is 6.57. The minimum absolute atomic E-state index is 0.00442. The van der Waals surface area contributed by atoms with Crippen molar-refractivity contribution in [2.24, 2.45) is 0 Å². The van der Waals surface area contributed by atoms with Crippen molar-refractivity contribution in [3.63, 3.8) is 0 Å². The Kier molecular flexibility index (Phi) is 4.57. The summed E-state index contributed by atoms with van der Waals surface area (Å²) >= 11 is 0. The first kappa shape index (κ1) is 14.8. The number of benzene rings is 2. The second-order valence-electron chi connectivity index (χ2n) is 4.99. The minimum atomic E-state index is -3.34. The molecule has 0 heterocycles. The Morgan fingerprint density at radius 3 is 2.20 bits per heavy atom. The average Bonchev–Trinajstić information content (AvgIpc) is 2.41. The molecule has 0 spiro atoms. The molecule has 0 aliphatic heterocycles. The summed E-state index contributed by atoms with van der Waals surface area (Å²) < 4.78 is 27.0. The zero-order chi connectivity index (χ0) is 14.6. The molecular formula is C16H19NO2S. The second-order valence-corrected chi connectivity index (χ2v) is 6.75. The van der Waals surface area contributed by atoms with Crippen molar-refractivity contribution in [1.82, 2.24) is 4.72 Å². The van der Waals surface area contributed by atoms with E-state index in [0.29, 0.717) is 0 Å². The van der Waals surface area contributed by atoms with Gasteiger partial charge in [-0.1, -0.05) is 60.2 Å². The Bertz CT molecular complexity index is 649. The van der Waals surface area contributed by atoms with Crippen LogP contribution in [0.2, 0.25) is 0 Å². The maximum atomic E-state index is 12.2. The van der Waals surface area contributed by atoms with Gasteiger partial charge in [0, 0.05) is 6.04 Å². The fraction of sp³-hybridized carbons (Fsp3) is 0.250. The summed E-state index contributed by atoms with van der Waals surface area (Å²) in [5.74, 6) is 0.00442. The third-order valence-electron chi connectivity index (χ3n) is 3.13. The van der Waals surface area contributed by atoms with E-state index in [4.69, 9.17) is 0 Å². The lowest BCUT2D eigenvalue weighted by Gasteiger charge is -2.14. The van der Waals surface area contributed by atoms with Crippen LogP contribution in [0.25, 0.3) is 0 Å². The van der Waals surface area contributed by atoms with Crippen LogP contribution in [-0.4, -0.2) is 8.42 Å². The first-order valence-corrected chi connectivity index (χ1v) is 8.22. The third-order valence-corrected chi connectivity index (χ3v) is 4.56. The highest BCUT2D eigenvalue weighted by atomic mass is 32.2. The van der Waals surface area contributed by atoms with Gasteiger partial charge in [-0.15, -0.1) is 0 Å². The summed E-state index contributed by atoms with van der Waals surface area (Å²) in [5.41, 5.74) is 2.88. The monoisotopic (exact) mass is 289 g/mol. The van der Waals surface area contributed by atoms with E-state index in [1.165, 1.54) is 0 Å². The number of rotatable bonds is 5. The highest BCUT2D eigenvalue weighted by Crippen LogP contribution is 2.14. The molecule has 20 heavy (non-hydrogen) atoms. The van der Waals surface area contributed by atoms with Gasteiger partial charge >= 0.3 is 0 Å². The van der Waals surface area contributed by atoms with Gasteiger partial charge in [-0.05, 0) is 25.0 Å². The zero-order valence-electron chi connectivity index (χ0n) is 11.7. The van der Waals surface area contributed by atoms with Gasteiger partial charge in [0.15, 0.2) is 0 Å². The predicted octanol–water partition coefficient (Wildman–Crippen LogP) is 3.18. The molecule has 0 saturated heterocycles. The van der Waals surface area contributed by atoms with Crippen LogP contribution >= 0.6 is 0 Å². The molecule has 0 unspecified atom stereocenters. The van der Waals surface area contributed by atoms with Crippen LogP contribution in [0.15, 0.2) is 54.6 Å². The lowest BCUT2D eigenvalue weighted by atomic mass is 10.1. The molecule has 0 saturated carbocycles. The lowest BCUT2D eigenvalue weighted by molar-refractivity contribution is 0.566. The quantitative estimate of drug-likeness (QED) is 0.919. The summed E-state index contributed by atoms with van der Waals surface area (Å²) in [4.78, 5) is 0. The van der Waals surface area contributed by atoms with Gasteiger partial charge in [0.1, 0.15) is 0 Å². The van der Waals surface area contributed by atoms with Crippen LogP contribution in [0.1, 0.15) is 29.7 Å². The molecule has 0 aromatic heterocycles. The Hall–Kier alpha value is -1.65. The summed E-state index contributed by atoms with van der Waals surface area (Å²) in [5, 5.41) is 0. The van der Waals surface area contributed by atoms with Crippen molar-refractivity contribution < 1.29 is 8.42 Å². The smallest absolute Gasteiger partial charge is 0.212 e. The van der Waals surface area contributed by atoms with Gasteiger partial charge < -0.3 is 0 Å². The van der Waals surface area contributed by atoms with Gasteiger partial charge in [0.25, 0.3) is 0 Å². The summed E-state index contributed by atoms with van der Waals surface area (Å²) in [6, 6.07) is 16.9. The van der Waals surface area contributed by atoms with Crippen LogP contribution in [0.3, 0.4) is 0 Å². The van der Waals surface area contributed by atoms with Crippen molar-refractivity contribution >= 4 is 10.0 Å². The molecule has 3 nitrogen and oxygen atoms in total. The molecule has 0 aliphatic carbocycles. The molecule has 1 N–H and O–H groups in total. The highest BCUT2D eigenvalue weighted by molar-refractivity contribution is 7.88. The lowest BCUT2D eigenvalue weighted by Crippen LogP contribution is -2.28. The largest absolute Gasteiger partial charge is 0.216 e. The second kappa shape index (κ2) is 6.20. The van der Waals surface area contributed by atoms with E-state index in [1.54, 1.807) is 0 Å². The summed E-state index contributed by atoms with van der Waals surface area (Å²) in [6.07, 6.45) is 0. The number of nitrogens with one attached hydrogen (secondary N) is 1. The van der Waals surface area contributed by atoms with Crippen LogP contribution in [0, 0.1) is 6.92 Å². The molecule has 106 valence electrons. The average molecular weight is 289 g/mol. The Labute approximate surface area is 120 Å². The third kappa shape index (κ3) is 4.18. The fourth-order valence-electron chi connectivity index (χ4n) is 2.02. The van der Waals surface area contributed by atoms with Crippen molar-refractivity contribution in [1.29, 1.82) is 0 Å². The molecule has 1 atom stereocenters. The molecule has 0 aliphatic rings. The topological polar surface area (TPSA) is 46.2 Å². The van der Waals surface area contributed by atoms with Crippen molar-refractivity contribution in [3.05, 3.63) is 71.3 Å². The zero-order valence-corrected chi connectivity index (χ0v) is 12.5. The normalized spacial score (nSPS) is 13.1. The highest BCUT2D eigenvalue weighted by Gasteiger charge is 2.16. The molecule has 2 aromatic carbocycles. The van der Waals surface area contributed by atoms with Crippen LogP contribution in [0.5, 0.6) is 0 Å². The van der Waals surface area contributed by atoms with E-state index in [1.807, 2.05) is 68.4 Å². The molecular weight excluding hydrogens is 270 g/mol. The molecule has 0 bridgehead atoms. The first-order chi connectivity index (χ1) is 9.46. The Balaban J connectivity index is 2.06. The van der Waals surface area contributed by atoms with Gasteiger partial charge in [-0.2, -0.15) is 0 Å². The number of sulfonamides is 1. The SMILES string of the molecule is Cc1ccc(CS(=O)(=O)N[C@H](C)c2ccccc2)cc1. The molecule has 0 fully saturated rings. The van der Waals surface area contributed by atoms with Crippen molar-refractivity contribution in [2.45, 2.75) is 25.6 Å². The molecule has 4 heteroatoms. The van der Waals surface area contributed by atoms with Gasteiger partial charge in [-0.3, -0.25) is 0 Å². The summed E-state index contributed by atoms with van der Waals surface area (Å²) in [7, 11) is -3.34. The predicted molar refractivity (Wildman–Crippen MR) is 81.8 cm³/mol. The van der Waals surface area contributed by atoms with E-state index < -0.39 is 10.0 Å². The van der Waals surface area contributed by atoms with E-state index in [0.717, 1.165) is 16.7 Å². The van der Waals surface area contributed by atoms with E-state index in [2.05, 4.69) is 4.72 Å². The Morgan fingerprint density at radius 1 is 1.00 bits per heavy atom. The fourth-order valence-corrected chi connectivity index (χ4v) is 3.41. The standard InChI is InChI=1S/C16H19NO2S/c1-13-8-10-15(11-9-13)12-20(18,19)17-14(2)16-6-4-3-5-7-16/h3-11,14,17H,12H2,1-2H3/t14-/m1/s1. The van der Waals surface area contributed by atoms with Gasteiger partial charge in [0.05, 0.1) is 5.75 Å². The number of hydrogen-bond donors (Lipinski definition) is 1. The molecule has 2 aromatic rings. The molecule has 0 amide bonds. The molecule has 2 rings (SSSR count). The van der Waals surface area contributed by atoms with Crippen molar-refractivity contribution in [3.8, 4) is 0 Å². The van der Waals surface area contributed by atoms with Crippen LogP contribution in [-0.2, 0) is 15.8 Å². The maximum Gasteiger partial charge on any atom is 0.216 e. The minimum Gasteiger partial charge on any atom is -0.212 e. The molecule has 0 radical (unpaired) electrons. The Morgan fingerprint density at radius 2 is 1.60 bits per heavy atom.